The molecule has 2 aliphatic rings. The van der Waals surface area contributed by atoms with E-state index in [1.54, 1.807) is 4.90 Å². The van der Waals surface area contributed by atoms with Crippen LogP contribution in [0.15, 0.2) is 0 Å². The van der Waals surface area contributed by atoms with Crippen molar-refractivity contribution in [3.05, 3.63) is 0 Å². The topological polar surface area (TPSA) is 52.7 Å². The van der Waals surface area contributed by atoms with Crippen molar-refractivity contribution in [3.8, 4) is 0 Å². The van der Waals surface area contributed by atoms with E-state index in [2.05, 4.69) is 5.32 Å². The molecule has 1 atom stereocenters. The van der Waals surface area contributed by atoms with Crippen LogP contribution in [0.2, 0.25) is 0 Å². The number of nitrogens with zero attached hydrogens (tertiary/aromatic N) is 2. The van der Waals surface area contributed by atoms with Crippen LogP contribution in [-0.2, 0) is 9.59 Å². The van der Waals surface area contributed by atoms with Crippen LogP contribution in [0.25, 0.3) is 0 Å². The Morgan fingerprint density at radius 2 is 2.17 bits per heavy atom. The summed E-state index contributed by atoms with van der Waals surface area (Å²) in [4.78, 5) is 27.7. The summed E-state index contributed by atoms with van der Waals surface area (Å²) < 4.78 is 0. The summed E-state index contributed by atoms with van der Waals surface area (Å²) in [6.45, 7) is 5.51. The van der Waals surface area contributed by atoms with Crippen molar-refractivity contribution in [2.75, 3.05) is 32.7 Å². The van der Waals surface area contributed by atoms with Crippen LogP contribution in [0.5, 0.6) is 0 Å². The molecule has 1 N–H and O–H groups in total. The second-order valence-electron chi connectivity index (χ2n) is 5.27. The predicted molar refractivity (Wildman–Crippen MR) is 69.1 cm³/mol. The van der Waals surface area contributed by atoms with Crippen molar-refractivity contribution < 1.29 is 9.59 Å². The summed E-state index contributed by atoms with van der Waals surface area (Å²) in [7, 11) is 0. The van der Waals surface area contributed by atoms with Crippen LogP contribution in [0, 0.1) is 0 Å². The van der Waals surface area contributed by atoms with Crippen LogP contribution >= 0.6 is 0 Å². The zero-order valence-corrected chi connectivity index (χ0v) is 11.2. The lowest BCUT2D eigenvalue weighted by Gasteiger charge is -2.35. The first-order valence-corrected chi connectivity index (χ1v) is 6.96. The van der Waals surface area contributed by atoms with Crippen molar-refractivity contribution in [1.29, 1.82) is 0 Å². The van der Waals surface area contributed by atoms with Crippen LogP contribution in [0.3, 0.4) is 0 Å². The Morgan fingerprint density at radius 1 is 1.33 bits per heavy atom. The van der Waals surface area contributed by atoms with Gasteiger partial charge in [0.1, 0.15) is 0 Å². The Bertz CT molecular complexity index is 319. The molecule has 102 valence electrons. The number of hydrogen-bond donors (Lipinski definition) is 1. The number of rotatable bonds is 2. The van der Waals surface area contributed by atoms with Gasteiger partial charge in [-0.1, -0.05) is 6.42 Å². The first kappa shape index (κ1) is 13.3. The van der Waals surface area contributed by atoms with Crippen molar-refractivity contribution in [3.63, 3.8) is 0 Å². The van der Waals surface area contributed by atoms with Gasteiger partial charge in [0, 0.05) is 38.6 Å². The lowest BCUT2D eigenvalue weighted by Crippen LogP contribution is -2.55. The van der Waals surface area contributed by atoms with Crippen molar-refractivity contribution in [2.45, 2.75) is 38.6 Å². The van der Waals surface area contributed by atoms with E-state index < -0.39 is 0 Å². The highest BCUT2D eigenvalue weighted by molar-refractivity contribution is 5.85. The van der Waals surface area contributed by atoms with Gasteiger partial charge < -0.3 is 15.1 Å². The van der Waals surface area contributed by atoms with Crippen molar-refractivity contribution >= 4 is 11.8 Å². The van der Waals surface area contributed by atoms with Gasteiger partial charge in [0.2, 0.25) is 11.8 Å². The molecule has 0 unspecified atom stereocenters. The van der Waals surface area contributed by atoms with E-state index in [0.29, 0.717) is 6.42 Å². The summed E-state index contributed by atoms with van der Waals surface area (Å²) >= 11 is 0. The molecule has 5 nitrogen and oxygen atoms in total. The molecule has 0 aliphatic carbocycles. The third kappa shape index (κ3) is 3.22. The third-order valence-corrected chi connectivity index (χ3v) is 3.82. The molecule has 0 aromatic carbocycles. The number of likely N-dealkylation sites (tertiary alicyclic amines) is 1. The van der Waals surface area contributed by atoms with E-state index in [1.165, 1.54) is 0 Å². The number of carbonyl (C=O) groups is 2. The zero-order chi connectivity index (χ0) is 13.0. The fraction of sp³-hybridized carbons (Fsp3) is 0.846. The zero-order valence-electron chi connectivity index (χ0n) is 11.2. The standard InChI is InChI=1S/C13H23N3O2/c1-11-9-14-6-8-16(11)13(18)10-15-7-4-2-3-5-12(15)17/h11,14H,2-10H2,1H3/t11-/m0/s1. The third-order valence-electron chi connectivity index (χ3n) is 3.82. The molecular formula is C13H23N3O2. The minimum atomic E-state index is 0.0965. The van der Waals surface area contributed by atoms with Crippen LogP contribution in [0.4, 0.5) is 0 Å². The number of piperazine rings is 1. The van der Waals surface area contributed by atoms with Gasteiger partial charge in [0.25, 0.3) is 0 Å². The molecule has 0 aromatic rings. The Labute approximate surface area is 108 Å². The number of amides is 2. The second-order valence-corrected chi connectivity index (χ2v) is 5.27. The average molecular weight is 253 g/mol. The first-order valence-electron chi connectivity index (χ1n) is 6.96. The van der Waals surface area contributed by atoms with Crippen molar-refractivity contribution in [2.24, 2.45) is 0 Å². The fourth-order valence-corrected chi connectivity index (χ4v) is 2.67. The van der Waals surface area contributed by atoms with Gasteiger partial charge in [-0.3, -0.25) is 9.59 Å². The summed E-state index contributed by atoms with van der Waals surface area (Å²) in [5.41, 5.74) is 0. The second kappa shape index (κ2) is 6.18. The van der Waals surface area contributed by atoms with E-state index >= 15 is 0 Å². The molecule has 0 bridgehead atoms. The summed E-state index contributed by atoms with van der Waals surface area (Å²) in [6.07, 6.45) is 3.69. The quantitative estimate of drug-likeness (QED) is 0.765. The van der Waals surface area contributed by atoms with E-state index in [0.717, 1.165) is 45.4 Å². The van der Waals surface area contributed by atoms with E-state index in [1.807, 2.05) is 11.8 Å². The molecule has 2 amide bonds. The van der Waals surface area contributed by atoms with Crippen LogP contribution in [0.1, 0.15) is 32.6 Å². The molecule has 0 saturated carbocycles. The molecule has 0 aromatic heterocycles. The summed E-state index contributed by atoms with van der Waals surface area (Å²) in [5, 5.41) is 3.27. The molecule has 2 rings (SSSR count). The summed E-state index contributed by atoms with van der Waals surface area (Å²) in [5.74, 6) is 0.239. The highest BCUT2D eigenvalue weighted by atomic mass is 16.2. The van der Waals surface area contributed by atoms with Gasteiger partial charge in [-0.05, 0) is 19.8 Å². The lowest BCUT2D eigenvalue weighted by atomic mass is 10.2. The molecular weight excluding hydrogens is 230 g/mol. The largest absolute Gasteiger partial charge is 0.336 e. The smallest absolute Gasteiger partial charge is 0.242 e. The number of hydrogen-bond acceptors (Lipinski definition) is 3. The molecule has 2 aliphatic heterocycles. The molecule has 0 radical (unpaired) electrons. The van der Waals surface area contributed by atoms with Gasteiger partial charge in [0.15, 0.2) is 0 Å². The Morgan fingerprint density at radius 3 is 2.94 bits per heavy atom. The highest BCUT2D eigenvalue weighted by Crippen LogP contribution is 2.12. The normalized spacial score (nSPS) is 26.1. The van der Waals surface area contributed by atoms with E-state index in [-0.39, 0.29) is 24.4 Å². The first-order chi connectivity index (χ1) is 8.68. The fourth-order valence-electron chi connectivity index (χ4n) is 2.67. The summed E-state index contributed by atoms with van der Waals surface area (Å²) in [6, 6.07) is 0.230. The minimum Gasteiger partial charge on any atom is -0.336 e. The van der Waals surface area contributed by atoms with Gasteiger partial charge in [-0.15, -0.1) is 0 Å². The Kier molecular flexibility index (Phi) is 4.58. The lowest BCUT2D eigenvalue weighted by molar-refractivity contribution is -0.141. The number of nitrogens with one attached hydrogen (secondary N) is 1. The Balaban J connectivity index is 1.90. The van der Waals surface area contributed by atoms with E-state index in [9.17, 15) is 9.59 Å². The maximum Gasteiger partial charge on any atom is 0.242 e. The molecule has 5 heteroatoms. The Hall–Kier alpha value is -1.10. The molecule has 2 saturated heterocycles. The highest BCUT2D eigenvalue weighted by Gasteiger charge is 2.26. The SMILES string of the molecule is C[C@H]1CNCCN1C(=O)CN1CCCCCC1=O. The molecule has 18 heavy (non-hydrogen) atoms. The average Bonchev–Trinajstić information content (AvgIpc) is 2.55. The number of carbonyl (C=O) groups excluding carboxylic acids is 2. The van der Waals surface area contributed by atoms with Gasteiger partial charge in [0.05, 0.1) is 6.54 Å². The van der Waals surface area contributed by atoms with Gasteiger partial charge in [-0.25, -0.2) is 0 Å². The molecule has 0 spiro atoms. The minimum absolute atomic E-state index is 0.0965. The van der Waals surface area contributed by atoms with Gasteiger partial charge >= 0.3 is 0 Å². The maximum absolute atomic E-state index is 12.2. The van der Waals surface area contributed by atoms with Crippen molar-refractivity contribution in [1.82, 2.24) is 15.1 Å². The monoisotopic (exact) mass is 253 g/mol. The molecule has 2 heterocycles. The van der Waals surface area contributed by atoms with Gasteiger partial charge in [-0.2, -0.15) is 0 Å². The van der Waals surface area contributed by atoms with Crippen LogP contribution in [-0.4, -0.2) is 60.4 Å². The maximum atomic E-state index is 12.2. The van der Waals surface area contributed by atoms with E-state index in [4.69, 9.17) is 0 Å². The predicted octanol–water partition coefficient (Wildman–Crippen LogP) is 0.209. The van der Waals surface area contributed by atoms with Crippen LogP contribution < -0.4 is 5.32 Å². The molecule has 2 fully saturated rings.